The van der Waals surface area contributed by atoms with Gasteiger partial charge in [0.15, 0.2) is 0 Å². The summed E-state index contributed by atoms with van der Waals surface area (Å²) < 4.78 is 5.85. The van der Waals surface area contributed by atoms with E-state index in [1.54, 1.807) is 0 Å². The van der Waals surface area contributed by atoms with Gasteiger partial charge in [-0.1, -0.05) is 32.0 Å². The molecule has 1 atom stereocenters. The van der Waals surface area contributed by atoms with E-state index in [1.165, 1.54) is 18.4 Å². The maximum absolute atomic E-state index is 5.85. The molecule has 18 heavy (non-hydrogen) atoms. The van der Waals surface area contributed by atoms with E-state index in [2.05, 4.69) is 51.2 Å². The minimum Gasteiger partial charge on any atom is -0.491 e. The molecule has 0 heterocycles. The first kappa shape index (κ1) is 15.0. The maximum atomic E-state index is 5.85. The van der Waals surface area contributed by atoms with Gasteiger partial charge in [-0.3, -0.25) is 0 Å². The van der Waals surface area contributed by atoms with Gasteiger partial charge in [-0.05, 0) is 51.3 Å². The summed E-state index contributed by atoms with van der Waals surface area (Å²) in [4.78, 5) is 0. The molecule has 1 rings (SSSR count). The van der Waals surface area contributed by atoms with Gasteiger partial charge in [0.2, 0.25) is 0 Å². The van der Waals surface area contributed by atoms with Crippen LogP contribution in [0, 0.1) is 0 Å². The molecule has 2 heteroatoms. The summed E-state index contributed by atoms with van der Waals surface area (Å²) in [6, 6.07) is 9.00. The molecular formula is C16H27NO. The highest BCUT2D eigenvalue weighted by atomic mass is 16.5. The Hall–Kier alpha value is -1.02. The molecule has 1 unspecified atom stereocenters. The van der Waals surface area contributed by atoms with Crippen LogP contribution in [0.15, 0.2) is 24.3 Å². The molecule has 0 amide bonds. The fraction of sp³-hybridized carbons (Fsp3) is 0.625. The Kier molecular flexibility index (Phi) is 6.81. The lowest BCUT2D eigenvalue weighted by molar-refractivity contribution is 0.239. The average molecular weight is 249 g/mol. The molecule has 0 bridgehead atoms. The number of hydrogen-bond donors (Lipinski definition) is 1. The second kappa shape index (κ2) is 8.15. The summed E-state index contributed by atoms with van der Waals surface area (Å²) in [6.45, 7) is 9.60. The predicted octanol–water partition coefficient (Wildman–Crippen LogP) is 3.79. The number of aryl methyl sites for hydroxylation is 1. The molecule has 0 aliphatic heterocycles. The van der Waals surface area contributed by atoms with Crippen LogP contribution in [0.5, 0.6) is 5.75 Å². The van der Waals surface area contributed by atoms with Gasteiger partial charge in [0, 0.05) is 6.04 Å². The van der Waals surface area contributed by atoms with Gasteiger partial charge in [0.05, 0.1) is 6.10 Å². The van der Waals surface area contributed by atoms with E-state index >= 15 is 0 Å². The summed E-state index contributed by atoms with van der Waals surface area (Å²) in [5.74, 6) is 1.04. The molecule has 1 aromatic carbocycles. The summed E-state index contributed by atoms with van der Waals surface area (Å²) in [7, 11) is 0. The Bertz CT molecular complexity index is 336. The first-order valence-corrected chi connectivity index (χ1v) is 7.15. The van der Waals surface area contributed by atoms with Crippen LogP contribution in [0.2, 0.25) is 0 Å². The fourth-order valence-electron chi connectivity index (χ4n) is 2.15. The average Bonchev–Trinajstić information content (AvgIpc) is 2.35. The number of rotatable bonds is 8. The predicted molar refractivity (Wildman–Crippen MR) is 78.3 cm³/mol. The van der Waals surface area contributed by atoms with E-state index in [0.717, 1.165) is 18.7 Å². The Morgan fingerprint density at radius 1 is 1.17 bits per heavy atom. The maximum Gasteiger partial charge on any atom is 0.122 e. The fourth-order valence-corrected chi connectivity index (χ4v) is 2.15. The van der Waals surface area contributed by atoms with Crippen LogP contribution in [-0.4, -0.2) is 18.7 Å². The molecule has 102 valence electrons. The van der Waals surface area contributed by atoms with E-state index in [-0.39, 0.29) is 6.10 Å². The van der Waals surface area contributed by atoms with Gasteiger partial charge < -0.3 is 10.1 Å². The molecule has 0 aromatic heterocycles. The SMILES string of the molecule is CCNC(CC)CCc1ccccc1OC(C)C. The highest BCUT2D eigenvalue weighted by Crippen LogP contribution is 2.21. The van der Waals surface area contributed by atoms with Crippen molar-refractivity contribution in [2.75, 3.05) is 6.54 Å². The van der Waals surface area contributed by atoms with Gasteiger partial charge in [-0.2, -0.15) is 0 Å². The lowest BCUT2D eigenvalue weighted by Crippen LogP contribution is -2.28. The summed E-state index contributed by atoms with van der Waals surface area (Å²) in [5, 5.41) is 3.52. The van der Waals surface area contributed by atoms with Crippen LogP contribution in [0.3, 0.4) is 0 Å². The van der Waals surface area contributed by atoms with Crippen LogP contribution in [0.1, 0.15) is 46.1 Å². The normalized spacial score (nSPS) is 12.7. The van der Waals surface area contributed by atoms with Gasteiger partial charge >= 0.3 is 0 Å². The van der Waals surface area contributed by atoms with E-state index in [1.807, 2.05) is 6.07 Å². The van der Waals surface area contributed by atoms with E-state index < -0.39 is 0 Å². The zero-order chi connectivity index (χ0) is 13.4. The first-order valence-electron chi connectivity index (χ1n) is 7.15. The number of nitrogens with one attached hydrogen (secondary N) is 1. The Balaban J connectivity index is 2.60. The molecule has 0 fully saturated rings. The summed E-state index contributed by atoms with van der Waals surface area (Å²) >= 11 is 0. The lowest BCUT2D eigenvalue weighted by atomic mass is 10.0. The second-order valence-electron chi connectivity index (χ2n) is 4.98. The van der Waals surface area contributed by atoms with Gasteiger partial charge in [0.1, 0.15) is 5.75 Å². The molecule has 0 aliphatic rings. The minimum atomic E-state index is 0.238. The van der Waals surface area contributed by atoms with Crippen LogP contribution >= 0.6 is 0 Å². The molecule has 0 radical (unpaired) electrons. The van der Waals surface area contributed by atoms with Crippen molar-refractivity contribution >= 4 is 0 Å². The highest BCUT2D eigenvalue weighted by molar-refractivity contribution is 5.33. The highest BCUT2D eigenvalue weighted by Gasteiger charge is 2.08. The van der Waals surface area contributed by atoms with Crippen molar-refractivity contribution in [1.29, 1.82) is 0 Å². The molecule has 1 N–H and O–H groups in total. The third-order valence-corrected chi connectivity index (χ3v) is 3.08. The number of benzene rings is 1. The van der Waals surface area contributed by atoms with Gasteiger partial charge in [-0.15, -0.1) is 0 Å². The molecule has 2 nitrogen and oxygen atoms in total. The first-order chi connectivity index (χ1) is 8.67. The standard InChI is InChI=1S/C16H27NO/c1-5-15(17-6-2)12-11-14-9-7-8-10-16(14)18-13(3)4/h7-10,13,15,17H,5-6,11-12H2,1-4H3. The topological polar surface area (TPSA) is 21.3 Å². The zero-order valence-corrected chi connectivity index (χ0v) is 12.2. The van der Waals surface area contributed by atoms with Crippen molar-refractivity contribution in [1.82, 2.24) is 5.32 Å². The largest absolute Gasteiger partial charge is 0.491 e. The molecule has 0 spiro atoms. The zero-order valence-electron chi connectivity index (χ0n) is 12.2. The summed E-state index contributed by atoms with van der Waals surface area (Å²) in [6.07, 6.45) is 3.67. The quantitative estimate of drug-likeness (QED) is 0.756. The van der Waals surface area contributed by atoms with Crippen LogP contribution in [0.25, 0.3) is 0 Å². The van der Waals surface area contributed by atoms with E-state index in [4.69, 9.17) is 4.74 Å². The number of ether oxygens (including phenoxy) is 1. The Morgan fingerprint density at radius 2 is 1.89 bits per heavy atom. The van der Waals surface area contributed by atoms with Crippen molar-refractivity contribution < 1.29 is 4.74 Å². The van der Waals surface area contributed by atoms with Crippen molar-refractivity contribution in [3.63, 3.8) is 0 Å². The molecule has 1 aromatic rings. The van der Waals surface area contributed by atoms with E-state index in [9.17, 15) is 0 Å². The number of para-hydroxylation sites is 1. The van der Waals surface area contributed by atoms with Crippen LogP contribution in [-0.2, 0) is 6.42 Å². The van der Waals surface area contributed by atoms with Crippen molar-refractivity contribution in [3.8, 4) is 5.75 Å². The van der Waals surface area contributed by atoms with Crippen molar-refractivity contribution in [2.45, 2.75) is 59.1 Å². The van der Waals surface area contributed by atoms with Gasteiger partial charge in [0.25, 0.3) is 0 Å². The summed E-state index contributed by atoms with van der Waals surface area (Å²) in [5.41, 5.74) is 1.32. The molecule has 0 saturated carbocycles. The molecule has 0 saturated heterocycles. The molecular weight excluding hydrogens is 222 g/mol. The van der Waals surface area contributed by atoms with Crippen molar-refractivity contribution in [3.05, 3.63) is 29.8 Å². The third-order valence-electron chi connectivity index (χ3n) is 3.08. The van der Waals surface area contributed by atoms with Crippen molar-refractivity contribution in [2.24, 2.45) is 0 Å². The monoisotopic (exact) mass is 249 g/mol. The Morgan fingerprint density at radius 3 is 2.50 bits per heavy atom. The van der Waals surface area contributed by atoms with Gasteiger partial charge in [-0.25, -0.2) is 0 Å². The van der Waals surface area contributed by atoms with Crippen LogP contribution < -0.4 is 10.1 Å². The minimum absolute atomic E-state index is 0.238. The van der Waals surface area contributed by atoms with E-state index in [0.29, 0.717) is 6.04 Å². The third kappa shape index (κ3) is 5.09. The second-order valence-corrected chi connectivity index (χ2v) is 4.98. The lowest BCUT2D eigenvalue weighted by Gasteiger charge is -2.18. The molecule has 0 aliphatic carbocycles. The number of hydrogen-bond acceptors (Lipinski definition) is 2. The smallest absolute Gasteiger partial charge is 0.122 e. The van der Waals surface area contributed by atoms with Crippen LogP contribution in [0.4, 0.5) is 0 Å². The Labute approximate surface area is 112 Å².